The number of hydrogen-bond donors (Lipinski definition) is 2. The normalized spacial score (nSPS) is 19.2. The monoisotopic (exact) mass is 587 g/mol. The molecule has 43 heavy (non-hydrogen) atoms. The third-order valence-electron chi connectivity index (χ3n) is 7.88. The molecule has 228 valence electrons. The average molecular weight is 588 g/mol. The molecule has 0 unspecified atom stereocenters. The lowest BCUT2D eigenvalue weighted by Crippen LogP contribution is -2.45. The molecule has 1 aromatic heterocycles. The van der Waals surface area contributed by atoms with Gasteiger partial charge in [0.05, 0.1) is 24.9 Å². The van der Waals surface area contributed by atoms with Gasteiger partial charge in [0.2, 0.25) is 5.91 Å². The Labute approximate surface area is 252 Å². The molecule has 2 bridgehead atoms. The number of amides is 3. The molecule has 2 N–H and O–H groups in total. The van der Waals surface area contributed by atoms with Crippen LogP contribution >= 0.6 is 0 Å². The first-order valence-electron chi connectivity index (χ1n) is 15.2. The van der Waals surface area contributed by atoms with E-state index in [-0.39, 0.29) is 17.7 Å². The lowest BCUT2D eigenvalue weighted by Gasteiger charge is -2.29. The van der Waals surface area contributed by atoms with Crippen molar-refractivity contribution in [2.75, 3.05) is 37.7 Å². The summed E-state index contributed by atoms with van der Waals surface area (Å²) in [6.07, 6.45) is 6.68. The van der Waals surface area contributed by atoms with Crippen molar-refractivity contribution in [2.24, 2.45) is 0 Å². The van der Waals surface area contributed by atoms with Gasteiger partial charge < -0.3 is 25.2 Å². The van der Waals surface area contributed by atoms with Crippen molar-refractivity contribution in [3.8, 4) is 5.75 Å². The van der Waals surface area contributed by atoms with Gasteiger partial charge in [-0.2, -0.15) is 0 Å². The summed E-state index contributed by atoms with van der Waals surface area (Å²) in [7, 11) is 0. The van der Waals surface area contributed by atoms with Crippen LogP contribution in [0.1, 0.15) is 71.0 Å². The van der Waals surface area contributed by atoms with Gasteiger partial charge in [0, 0.05) is 50.4 Å². The van der Waals surface area contributed by atoms with Gasteiger partial charge in [-0.25, -0.2) is 0 Å². The van der Waals surface area contributed by atoms with Gasteiger partial charge in [-0.15, -0.1) is 5.10 Å². The molecule has 0 spiro atoms. The van der Waals surface area contributed by atoms with E-state index >= 15 is 0 Å². The van der Waals surface area contributed by atoms with E-state index in [1.165, 1.54) is 19.3 Å². The van der Waals surface area contributed by atoms with Crippen LogP contribution in [-0.2, 0) is 17.9 Å². The molecule has 2 aliphatic rings. The molecule has 0 saturated carbocycles. The van der Waals surface area contributed by atoms with Crippen molar-refractivity contribution in [1.82, 2.24) is 30.5 Å². The molecule has 11 nitrogen and oxygen atoms in total. The summed E-state index contributed by atoms with van der Waals surface area (Å²) in [6, 6.07) is 12.5. The highest BCUT2D eigenvalue weighted by Gasteiger charge is 2.22. The number of benzene rings is 2. The molecule has 1 saturated heterocycles. The highest BCUT2D eigenvalue weighted by atomic mass is 16.5. The van der Waals surface area contributed by atoms with Crippen LogP contribution in [0, 0.1) is 6.92 Å². The topological polar surface area (TPSA) is 122 Å². The second-order valence-electron chi connectivity index (χ2n) is 11.3. The Bertz CT molecular complexity index is 1420. The molecule has 11 heteroatoms. The van der Waals surface area contributed by atoms with Crippen LogP contribution in [0.5, 0.6) is 5.75 Å². The van der Waals surface area contributed by atoms with E-state index in [0.29, 0.717) is 68.2 Å². The summed E-state index contributed by atoms with van der Waals surface area (Å²) in [5.41, 5.74) is 3.78. The highest BCUT2D eigenvalue weighted by Crippen LogP contribution is 2.22. The SMILES string of the molecule is Cc1ccc2c(c1)OCCCn1cc(nn1)CN(C(=O)c1ccc(N3CCCCC3)cc1)CCCNC(=O)[C@@H](C)NC2=O. The first-order valence-corrected chi connectivity index (χ1v) is 15.2. The maximum Gasteiger partial charge on any atom is 0.255 e. The number of carbonyl (C=O) groups is 3. The summed E-state index contributed by atoms with van der Waals surface area (Å²) < 4.78 is 7.73. The quantitative estimate of drug-likeness (QED) is 0.472. The van der Waals surface area contributed by atoms with Crippen LogP contribution < -0.4 is 20.3 Å². The molecule has 0 radical (unpaired) electrons. The fourth-order valence-electron chi connectivity index (χ4n) is 5.44. The number of fused-ring (bicyclic) bond motifs is 3. The number of nitrogens with one attached hydrogen (secondary N) is 2. The Kier molecular flexibility index (Phi) is 9.91. The van der Waals surface area contributed by atoms with Gasteiger partial charge in [-0.05, 0) is 81.5 Å². The maximum absolute atomic E-state index is 13.7. The number of rotatable bonds is 2. The second-order valence-corrected chi connectivity index (χ2v) is 11.3. The molecule has 1 fully saturated rings. The summed E-state index contributed by atoms with van der Waals surface area (Å²) in [5.74, 6) is -0.297. The zero-order valence-corrected chi connectivity index (χ0v) is 25.1. The van der Waals surface area contributed by atoms with Gasteiger partial charge in [0.15, 0.2) is 0 Å². The highest BCUT2D eigenvalue weighted by molar-refractivity contribution is 5.99. The molecule has 3 aromatic rings. The minimum atomic E-state index is -0.742. The average Bonchev–Trinajstić information content (AvgIpc) is 3.47. The summed E-state index contributed by atoms with van der Waals surface area (Å²) in [4.78, 5) is 43.6. The summed E-state index contributed by atoms with van der Waals surface area (Å²) in [6.45, 7) is 7.68. The fraction of sp³-hybridized carbons (Fsp3) is 0.469. The second kappa shape index (κ2) is 14.2. The maximum atomic E-state index is 13.7. The van der Waals surface area contributed by atoms with E-state index in [1.54, 1.807) is 22.6 Å². The molecular weight excluding hydrogens is 546 g/mol. The Morgan fingerprint density at radius 2 is 1.74 bits per heavy atom. The van der Waals surface area contributed by atoms with E-state index in [2.05, 4.69) is 25.8 Å². The van der Waals surface area contributed by atoms with Crippen molar-refractivity contribution in [2.45, 2.75) is 65.1 Å². The molecule has 5 rings (SSSR count). The number of hydrogen-bond acceptors (Lipinski definition) is 7. The van der Waals surface area contributed by atoms with Crippen molar-refractivity contribution in [3.63, 3.8) is 0 Å². The van der Waals surface area contributed by atoms with E-state index in [9.17, 15) is 14.4 Å². The molecule has 0 aliphatic carbocycles. The van der Waals surface area contributed by atoms with Crippen LogP contribution in [0.4, 0.5) is 5.69 Å². The van der Waals surface area contributed by atoms with Crippen molar-refractivity contribution in [3.05, 3.63) is 71.0 Å². The largest absolute Gasteiger partial charge is 0.493 e. The van der Waals surface area contributed by atoms with E-state index in [0.717, 1.165) is 24.3 Å². The third-order valence-corrected chi connectivity index (χ3v) is 7.88. The fourth-order valence-corrected chi connectivity index (χ4v) is 5.44. The minimum Gasteiger partial charge on any atom is -0.493 e. The van der Waals surface area contributed by atoms with Gasteiger partial charge in [-0.1, -0.05) is 11.3 Å². The Balaban J connectivity index is 1.30. The van der Waals surface area contributed by atoms with E-state index in [1.807, 2.05) is 49.5 Å². The lowest BCUT2D eigenvalue weighted by atomic mass is 10.1. The first-order chi connectivity index (χ1) is 20.9. The third kappa shape index (κ3) is 7.91. The first kappa shape index (κ1) is 30.1. The van der Waals surface area contributed by atoms with Gasteiger partial charge in [0.25, 0.3) is 11.8 Å². The number of carbonyl (C=O) groups excluding carboxylic acids is 3. The summed E-state index contributed by atoms with van der Waals surface area (Å²) >= 11 is 0. The molecule has 1 atom stereocenters. The predicted octanol–water partition coefficient (Wildman–Crippen LogP) is 3.33. The predicted molar refractivity (Wildman–Crippen MR) is 163 cm³/mol. The zero-order chi connectivity index (χ0) is 30.2. The van der Waals surface area contributed by atoms with E-state index < -0.39 is 6.04 Å². The van der Waals surface area contributed by atoms with E-state index in [4.69, 9.17) is 4.74 Å². The van der Waals surface area contributed by atoms with Crippen LogP contribution in [0.3, 0.4) is 0 Å². The van der Waals surface area contributed by atoms with Crippen LogP contribution in [0.2, 0.25) is 0 Å². The molecular formula is C32H41N7O4. The molecule has 2 aromatic carbocycles. The van der Waals surface area contributed by atoms with Gasteiger partial charge in [-0.3, -0.25) is 19.1 Å². The van der Waals surface area contributed by atoms with Crippen LogP contribution in [-0.4, -0.2) is 76.4 Å². The van der Waals surface area contributed by atoms with Gasteiger partial charge in [0.1, 0.15) is 17.5 Å². The Morgan fingerprint density at radius 3 is 2.53 bits per heavy atom. The number of aromatic nitrogens is 3. The molecule has 2 aliphatic heterocycles. The lowest BCUT2D eigenvalue weighted by molar-refractivity contribution is -0.122. The van der Waals surface area contributed by atoms with Crippen molar-refractivity contribution < 1.29 is 19.1 Å². The summed E-state index contributed by atoms with van der Waals surface area (Å²) in [5, 5.41) is 14.2. The number of anilines is 1. The zero-order valence-electron chi connectivity index (χ0n) is 25.1. The molecule has 3 heterocycles. The smallest absolute Gasteiger partial charge is 0.255 e. The minimum absolute atomic E-state index is 0.0981. The number of piperidine rings is 1. The van der Waals surface area contributed by atoms with Crippen LogP contribution in [0.15, 0.2) is 48.7 Å². The number of aryl methyl sites for hydroxylation is 2. The van der Waals surface area contributed by atoms with Gasteiger partial charge >= 0.3 is 0 Å². The number of nitrogens with zero attached hydrogens (tertiary/aromatic N) is 5. The van der Waals surface area contributed by atoms with Crippen molar-refractivity contribution >= 4 is 23.4 Å². The Morgan fingerprint density at radius 1 is 0.953 bits per heavy atom. The van der Waals surface area contributed by atoms with Crippen molar-refractivity contribution in [1.29, 1.82) is 0 Å². The molecule has 3 amide bonds. The van der Waals surface area contributed by atoms with Crippen LogP contribution in [0.25, 0.3) is 0 Å². The Hall–Kier alpha value is -4.41. The standard InChI is InChI=1S/C32H41N7O4/c1-23-8-13-28-29(20-23)43-19-7-18-39-22-26(35-36-39)21-38(17-6-14-33-30(40)24(2)34-31(28)41)32(42)25-9-11-27(12-10-25)37-15-4-3-5-16-37/h8-13,20,22,24H,3-7,14-19,21H2,1-2H3,(H,33,40)(H,34,41)/t24-/m1/s1. The number of ether oxygens (including phenoxy) is 1.